The number of aromatic amines is 1. The van der Waals surface area contributed by atoms with E-state index in [-0.39, 0.29) is 18.8 Å². The molecule has 0 aliphatic heterocycles. The number of para-hydroxylation sites is 1. The lowest BCUT2D eigenvalue weighted by Crippen LogP contribution is -2.61. The number of aliphatic hydroxyl groups excluding tert-OH is 1. The molecule has 2 rings (SSSR count). The van der Waals surface area contributed by atoms with Gasteiger partial charge in [-0.3, -0.25) is 47.9 Å². The number of aromatic nitrogens is 1. The van der Waals surface area contributed by atoms with Gasteiger partial charge in [-0.15, -0.1) is 0 Å². The number of carbonyl (C=O) groups is 11. The number of amides is 8. The number of carboxylic acids is 3. The Labute approximate surface area is 384 Å². The van der Waals surface area contributed by atoms with Crippen LogP contribution in [0.3, 0.4) is 0 Å². The molecular formula is C42H62N10O15. The second-order valence-corrected chi connectivity index (χ2v) is 16.4. The summed E-state index contributed by atoms with van der Waals surface area (Å²) in [5, 5.41) is 57.7. The van der Waals surface area contributed by atoms with Crippen LogP contribution in [0.25, 0.3) is 10.9 Å². The van der Waals surface area contributed by atoms with Gasteiger partial charge in [0.25, 0.3) is 0 Å². The van der Waals surface area contributed by atoms with Crippen molar-refractivity contribution >= 4 is 76.1 Å². The van der Waals surface area contributed by atoms with Crippen molar-refractivity contribution in [3.63, 3.8) is 0 Å². The Hall–Kier alpha value is -7.15. The van der Waals surface area contributed by atoms with Gasteiger partial charge < -0.3 is 73.7 Å². The Kier molecular flexibility index (Phi) is 22.3. The maximum absolute atomic E-state index is 13.9. The second kappa shape index (κ2) is 26.7. The summed E-state index contributed by atoms with van der Waals surface area (Å²) in [6, 6.07) is -5.35. The number of hydrogen-bond acceptors (Lipinski definition) is 13. The number of fused-ring (bicyclic) bond motifs is 1. The van der Waals surface area contributed by atoms with Gasteiger partial charge in [0.05, 0.1) is 32.0 Å². The van der Waals surface area contributed by atoms with E-state index in [1.807, 2.05) is 0 Å². The van der Waals surface area contributed by atoms with E-state index in [1.54, 1.807) is 58.2 Å². The van der Waals surface area contributed by atoms with Gasteiger partial charge >= 0.3 is 17.9 Å². The van der Waals surface area contributed by atoms with Gasteiger partial charge in [-0.2, -0.15) is 0 Å². The van der Waals surface area contributed by atoms with Crippen molar-refractivity contribution in [2.75, 3.05) is 13.2 Å². The Morgan fingerprint density at radius 2 is 1.13 bits per heavy atom. The molecule has 0 unspecified atom stereocenters. The molecule has 9 atom stereocenters. The molecule has 0 radical (unpaired) electrons. The Morgan fingerprint density at radius 1 is 0.627 bits per heavy atom. The minimum atomic E-state index is -2.06. The van der Waals surface area contributed by atoms with Crippen LogP contribution in [0.1, 0.15) is 72.8 Å². The molecule has 0 spiro atoms. The first kappa shape index (κ1) is 56.0. The van der Waals surface area contributed by atoms with Crippen LogP contribution in [-0.4, -0.2) is 152 Å². The minimum Gasteiger partial charge on any atom is -0.481 e. The van der Waals surface area contributed by atoms with Crippen LogP contribution in [-0.2, 0) is 59.2 Å². The molecule has 1 aromatic heterocycles. The van der Waals surface area contributed by atoms with Crippen LogP contribution in [0, 0.1) is 11.8 Å². The van der Waals surface area contributed by atoms with Crippen molar-refractivity contribution in [2.45, 2.75) is 122 Å². The zero-order valence-electron chi connectivity index (χ0n) is 38.0. The second-order valence-electron chi connectivity index (χ2n) is 16.4. The molecule has 0 aliphatic rings. The highest BCUT2D eigenvalue weighted by atomic mass is 16.4. The van der Waals surface area contributed by atoms with E-state index in [0.717, 1.165) is 0 Å². The van der Waals surface area contributed by atoms with Crippen LogP contribution in [0.4, 0.5) is 0 Å². The molecule has 1 aromatic carbocycles. The van der Waals surface area contributed by atoms with Crippen molar-refractivity contribution in [1.29, 1.82) is 0 Å². The highest BCUT2D eigenvalue weighted by Gasteiger charge is 2.35. The van der Waals surface area contributed by atoms with Crippen LogP contribution >= 0.6 is 0 Å². The summed E-state index contributed by atoms with van der Waals surface area (Å²) in [6.45, 7) is 7.63. The molecule has 25 heteroatoms. The number of carboxylic acid groups (broad SMARTS) is 3. The molecule has 1 heterocycles. The van der Waals surface area contributed by atoms with E-state index >= 15 is 0 Å². The molecule has 2 aromatic rings. The fourth-order valence-corrected chi connectivity index (χ4v) is 6.39. The van der Waals surface area contributed by atoms with Gasteiger partial charge in [0.2, 0.25) is 47.3 Å². The number of nitrogens with two attached hydrogens (primary N) is 1. The number of nitrogens with one attached hydrogen (secondary N) is 9. The van der Waals surface area contributed by atoms with Gasteiger partial charge in [-0.05, 0) is 43.7 Å². The minimum absolute atomic E-state index is 0.0280. The standard InChI is InChI=1S/C42H62N10O15/c1-7-20(4)34(42(66)67)52-31(54)17-45-37(61)26(12-19(2)3)48-41(65)30(18-53)51-40(64)29(15-33(57)58)50-39(63)28(14-32(55)56)49-38(62)27(47-36(60)22(6)46-35(59)21(5)43)13-23-16-44-25-11-9-8-10-24(23)25/h8-11,16,19-22,26-30,34,44,53H,7,12-15,17-18,43H2,1-6H3,(H,45,61)(H,46,59)(H,47,60)(H,48,65)(H,49,62)(H,50,63)(H,51,64)(H,52,54)(H,55,56)(H,57,58)(H,66,67)/t20-,21-,22-,26-,27-,28-,29-,30-,34-/m0/s1. The van der Waals surface area contributed by atoms with Crippen molar-refractivity contribution in [1.82, 2.24) is 47.5 Å². The summed E-state index contributed by atoms with van der Waals surface area (Å²) >= 11 is 0. The third-order valence-corrected chi connectivity index (χ3v) is 10.3. The predicted octanol–water partition coefficient (Wildman–Crippen LogP) is -3.29. The quantitative estimate of drug-likeness (QED) is 0.0397. The maximum atomic E-state index is 13.9. The lowest BCUT2D eigenvalue weighted by Gasteiger charge is -2.26. The molecule has 0 fully saturated rings. The van der Waals surface area contributed by atoms with E-state index in [0.29, 0.717) is 22.9 Å². The molecule has 15 N–H and O–H groups in total. The van der Waals surface area contributed by atoms with E-state index < -0.39 is 145 Å². The summed E-state index contributed by atoms with van der Waals surface area (Å²) in [5.41, 5.74) is 6.76. The average Bonchev–Trinajstić information content (AvgIpc) is 3.66. The predicted molar refractivity (Wildman–Crippen MR) is 236 cm³/mol. The third kappa shape index (κ3) is 18.3. The van der Waals surface area contributed by atoms with Crippen LogP contribution in [0.2, 0.25) is 0 Å². The molecular weight excluding hydrogens is 885 g/mol. The van der Waals surface area contributed by atoms with Gasteiger partial charge in [0.15, 0.2) is 0 Å². The number of rotatable bonds is 28. The summed E-state index contributed by atoms with van der Waals surface area (Å²) in [6.07, 6.45) is -0.544. The van der Waals surface area contributed by atoms with Gasteiger partial charge in [0.1, 0.15) is 42.3 Å². The smallest absolute Gasteiger partial charge is 0.326 e. The Morgan fingerprint density at radius 3 is 1.64 bits per heavy atom. The van der Waals surface area contributed by atoms with E-state index in [9.17, 15) is 73.2 Å². The number of aliphatic hydroxyl groups is 1. The van der Waals surface area contributed by atoms with E-state index in [1.165, 1.54) is 13.8 Å². The van der Waals surface area contributed by atoms with Crippen molar-refractivity contribution in [2.24, 2.45) is 17.6 Å². The first-order valence-electron chi connectivity index (χ1n) is 21.4. The van der Waals surface area contributed by atoms with Crippen LogP contribution < -0.4 is 48.3 Å². The first-order chi connectivity index (χ1) is 31.4. The lowest BCUT2D eigenvalue weighted by atomic mass is 9.99. The Bertz CT molecular complexity index is 2130. The fourth-order valence-electron chi connectivity index (χ4n) is 6.39. The monoisotopic (exact) mass is 946 g/mol. The highest BCUT2D eigenvalue weighted by molar-refractivity contribution is 5.99. The van der Waals surface area contributed by atoms with Crippen molar-refractivity contribution < 1.29 is 73.2 Å². The number of carbonyl (C=O) groups excluding carboxylic acids is 8. The SMILES string of the molecule is CC[C@H](C)[C@H](NC(=O)CNC(=O)[C@H](CC(C)C)NC(=O)[C@H](CO)NC(=O)[C@H](CC(=O)O)NC(=O)[C@H](CC(=O)O)NC(=O)[C@H](Cc1c[nH]c2ccccc12)NC(=O)[C@H](C)NC(=O)[C@H](C)N)C(=O)O. The van der Waals surface area contributed by atoms with E-state index in [2.05, 4.69) is 47.5 Å². The average molecular weight is 947 g/mol. The van der Waals surface area contributed by atoms with Crippen LogP contribution in [0.15, 0.2) is 30.5 Å². The zero-order valence-corrected chi connectivity index (χ0v) is 38.0. The molecule has 67 heavy (non-hydrogen) atoms. The number of hydrogen-bond donors (Lipinski definition) is 14. The Balaban J connectivity index is 2.30. The zero-order chi connectivity index (χ0) is 50.7. The summed E-state index contributed by atoms with van der Waals surface area (Å²) in [5.74, 6) is -13.5. The third-order valence-electron chi connectivity index (χ3n) is 10.3. The normalized spacial score (nSPS) is 15.1. The summed E-state index contributed by atoms with van der Waals surface area (Å²) < 4.78 is 0. The highest BCUT2D eigenvalue weighted by Crippen LogP contribution is 2.19. The maximum Gasteiger partial charge on any atom is 0.326 e. The molecule has 0 saturated heterocycles. The van der Waals surface area contributed by atoms with Crippen molar-refractivity contribution in [3.8, 4) is 0 Å². The van der Waals surface area contributed by atoms with Crippen LogP contribution in [0.5, 0.6) is 0 Å². The lowest BCUT2D eigenvalue weighted by molar-refractivity contribution is -0.143. The fraction of sp³-hybridized carbons (Fsp3) is 0.548. The molecule has 0 aliphatic carbocycles. The molecule has 25 nitrogen and oxygen atoms in total. The summed E-state index contributed by atoms with van der Waals surface area (Å²) in [7, 11) is 0. The van der Waals surface area contributed by atoms with E-state index in [4.69, 9.17) is 5.73 Å². The van der Waals surface area contributed by atoms with Gasteiger partial charge in [0, 0.05) is 23.5 Å². The van der Waals surface area contributed by atoms with Gasteiger partial charge in [-0.25, -0.2) is 4.79 Å². The van der Waals surface area contributed by atoms with Gasteiger partial charge in [-0.1, -0.05) is 52.3 Å². The molecule has 8 amide bonds. The number of H-pyrrole nitrogens is 1. The molecule has 370 valence electrons. The van der Waals surface area contributed by atoms with Crippen molar-refractivity contribution in [3.05, 3.63) is 36.0 Å². The summed E-state index contributed by atoms with van der Waals surface area (Å²) in [4.78, 5) is 144. The number of benzene rings is 1. The first-order valence-corrected chi connectivity index (χ1v) is 21.4. The molecule has 0 saturated carbocycles. The molecule has 0 bridgehead atoms. The number of aliphatic carboxylic acids is 3. The largest absolute Gasteiger partial charge is 0.481 e. The topological polar surface area (TPSA) is 407 Å².